The van der Waals surface area contributed by atoms with Crippen LogP contribution in [0.25, 0.3) is 0 Å². The van der Waals surface area contributed by atoms with Gasteiger partial charge in [0.05, 0.1) is 5.60 Å². The van der Waals surface area contributed by atoms with E-state index in [1.807, 2.05) is 0 Å². The third-order valence-corrected chi connectivity index (χ3v) is 7.21. The van der Waals surface area contributed by atoms with E-state index in [0.29, 0.717) is 0 Å². The van der Waals surface area contributed by atoms with Crippen molar-refractivity contribution in [3.63, 3.8) is 0 Å². The molecule has 0 aromatic carbocycles. The van der Waals surface area contributed by atoms with E-state index in [4.69, 9.17) is 4.74 Å². The van der Waals surface area contributed by atoms with Crippen molar-refractivity contribution in [2.45, 2.75) is 63.4 Å². The first-order chi connectivity index (χ1) is 10.3. The Bertz CT molecular complexity index is 311. The summed E-state index contributed by atoms with van der Waals surface area (Å²) >= 11 is 2.12. The molecular weight excluding hydrogens is 278 g/mol. The SMILES string of the molecule is CNCC1CCCCCC1C1CCOC2(CCSCC2)C1. The van der Waals surface area contributed by atoms with Crippen LogP contribution in [0.1, 0.15) is 57.8 Å². The van der Waals surface area contributed by atoms with Gasteiger partial charge in [0.2, 0.25) is 0 Å². The maximum absolute atomic E-state index is 6.32. The molecule has 2 aliphatic heterocycles. The molecule has 2 saturated heterocycles. The first-order valence-corrected chi connectivity index (χ1v) is 10.3. The molecule has 3 atom stereocenters. The molecule has 0 bridgehead atoms. The van der Waals surface area contributed by atoms with Crippen molar-refractivity contribution in [3.8, 4) is 0 Å². The second-order valence-corrected chi connectivity index (χ2v) is 8.74. The van der Waals surface area contributed by atoms with Gasteiger partial charge in [-0.2, -0.15) is 11.8 Å². The van der Waals surface area contributed by atoms with E-state index in [9.17, 15) is 0 Å². The number of rotatable bonds is 3. The zero-order chi connectivity index (χ0) is 14.5. The van der Waals surface area contributed by atoms with Crippen molar-refractivity contribution < 1.29 is 4.74 Å². The summed E-state index contributed by atoms with van der Waals surface area (Å²) < 4.78 is 6.32. The number of nitrogens with one attached hydrogen (secondary N) is 1. The van der Waals surface area contributed by atoms with Crippen molar-refractivity contribution >= 4 is 11.8 Å². The second kappa shape index (κ2) is 7.70. The van der Waals surface area contributed by atoms with Gasteiger partial charge >= 0.3 is 0 Å². The van der Waals surface area contributed by atoms with E-state index >= 15 is 0 Å². The standard InChI is InChI=1S/C18H33NOS/c1-19-14-16-5-3-2-4-6-17(16)15-7-10-20-18(13-15)8-11-21-12-9-18/h15-17,19H,2-14H2,1H3. The molecular formula is C18H33NOS. The largest absolute Gasteiger partial charge is 0.375 e. The molecule has 1 N–H and O–H groups in total. The Balaban J connectivity index is 1.67. The van der Waals surface area contributed by atoms with Gasteiger partial charge in [-0.25, -0.2) is 0 Å². The summed E-state index contributed by atoms with van der Waals surface area (Å²) in [5.41, 5.74) is 0.269. The molecule has 2 nitrogen and oxygen atoms in total. The Morgan fingerprint density at radius 1 is 1.10 bits per heavy atom. The predicted molar refractivity (Wildman–Crippen MR) is 92.0 cm³/mol. The molecule has 0 aromatic rings. The summed E-state index contributed by atoms with van der Waals surface area (Å²) in [5.74, 6) is 5.43. The monoisotopic (exact) mass is 311 g/mol. The third kappa shape index (κ3) is 3.97. The van der Waals surface area contributed by atoms with Gasteiger partial charge in [-0.05, 0) is 81.4 Å². The molecule has 21 heavy (non-hydrogen) atoms. The summed E-state index contributed by atoms with van der Waals surface area (Å²) in [6.07, 6.45) is 12.6. The summed E-state index contributed by atoms with van der Waals surface area (Å²) in [6.45, 7) is 2.25. The summed E-state index contributed by atoms with van der Waals surface area (Å²) in [4.78, 5) is 0. The van der Waals surface area contributed by atoms with E-state index in [1.165, 1.54) is 75.8 Å². The summed E-state index contributed by atoms with van der Waals surface area (Å²) in [7, 11) is 2.13. The van der Waals surface area contributed by atoms with E-state index in [0.717, 1.165) is 24.4 Å². The molecule has 3 aliphatic rings. The number of ether oxygens (including phenoxy) is 1. The van der Waals surface area contributed by atoms with E-state index in [1.54, 1.807) is 0 Å². The fourth-order valence-electron chi connectivity index (χ4n) is 5.07. The van der Waals surface area contributed by atoms with Crippen LogP contribution in [0.5, 0.6) is 0 Å². The van der Waals surface area contributed by atoms with Gasteiger partial charge in [0.25, 0.3) is 0 Å². The lowest BCUT2D eigenvalue weighted by Gasteiger charge is -2.46. The van der Waals surface area contributed by atoms with E-state index in [2.05, 4.69) is 24.1 Å². The highest BCUT2D eigenvalue weighted by Gasteiger charge is 2.42. The molecule has 3 fully saturated rings. The Kier molecular flexibility index (Phi) is 5.92. The molecule has 0 amide bonds. The van der Waals surface area contributed by atoms with Crippen LogP contribution in [0.3, 0.4) is 0 Å². The van der Waals surface area contributed by atoms with Crippen molar-refractivity contribution in [1.29, 1.82) is 0 Å². The number of hydrogen-bond donors (Lipinski definition) is 1. The lowest BCUT2D eigenvalue weighted by molar-refractivity contribution is -0.115. The second-order valence-electron chi connectivity index (χ2n) is 7.52. The fourth-order valence-corrected chi connectivity index (χ4v) is 6.31. The van der Waals surface area contributed by atoms with Crippen LogP contribution in [0.2, 0.25) is 0 Å². The molecule has 3 rings (SSSR count). The predicted octanol–water partition coefficient (Wildman–Crippen LogP) is 4.09. The minimum Gasteiger partial charge on any atom is -0.375 e. The average Bonchev–Trinajstić information content (AvgIpc) is 2.74. The first-order valence-electron chi connectivity index (χ1n) is 9.19. The van der Waals surface area contributed by atoms with Gasteiger partial charge in [0, 0.05) is 6.61 Å². The van der Waals surface area contributed by atoms with E-state index in [-0.39, 0.29) is 5.60 Å². The van der Waals surface area contributed by atoms with E-state index < -0.39 is 0 Å². The third-order valence-electron chi connectivity index (χ3n) is 6.22. The highest BCUT2D eigenvalue weighted by molar-refractivity contribution is 7.99. The topological polar surface area (TPSA) is 21.3 Å². The fraction of sp³-hybridized carbons (Fsp3) is 1.00. The first kappa shape index (κ1) is 16.1. The molecule has 2 heterocycles. The van der Waals surface area contributed by atoms with Gasteiger partial charge in [-0.1, -0.05) is 19.3 Å². The Morgan fingerprint density at radius 2 is 1.90 bits per heavy atom. The smallest absolute Gasteiger partial charge is 0.0701 e. The van der Waals surface area contributed by atoms with Crippen LogP contribution in [0.4, 0.5) is 0 Å². The molecule has 3 heteroatoms. The van der Waals surface area contributed by atoms with Gasteiger partial charge in [0.1, 0.15) is 0 Å². The van der Waals surface area contributed by atoms with Crippen molar-refractivity contribution in [3.05, 3.63) is 0 Å². The normalized spacial score (nSPS) is 37.3. The van der Waals surface area contributed by atoms with Gasteiger partial charge in [0.15, 0.2) is 0 Å². The number of thioether (sulfide) groups is 1. The van der Waals surface area contributed by atoms with Crippen LogP contribution in [-0.4, -0.2) is 37.3 Å². The zero-order valence-corrected chi connectivity index (χ0v) is 14.6. The molecule has 1 aliphatic carbocycles. The Morgan fingerprint density at radius 3 is 2.71 bits per heavy atom. The van der Waals surface area contributed by atoms with Crippen molar-refractivity contribution in [1.82, 2.24) is 5.32 Å². The maximum atomic E-state index is 6.32. The lowest BCUT2D eigenvalue weighted by Crippen LogP contribution is -2.45. The maximum Gasteiger partial charge on any atom is 0.0701 e. The highest BCUT2D eigenvalue weighted by atomic mass is 32.2. The molecule has 3 unspecified atom stereocenters. The van der Waals surface area contributed by atoms with Crippen molar-refractivity contribution in [2.24, 2.45) is 17.8 Å². The van der Waals surface area contributed by atoms with Crippen molar-refractivity contribution in [2.75, 3.05) is 31.7 Å². The lowest BCUT2D eigenvalue weighted by atomic mass is 9.70. The Hall–Kier alpha value is 0.270. The molecule has 0 radical (unpaired) electrons. The molecule has 0 aromatic heterocycles. The highest BCUT2D eigenvalue weighted by Crippen LogP contribution is 2.46. The molecule has 122 valence electrons. The van der Waals surface area contributed by atoms with Gasteiger partial charge < -0.3 is 10.1 Å². The average molecular weight is 312 g/mol. The van der Waals surface area contributed by atoms with Gasteiger partial charge in [-0.15, -0.1) is 0 Å². The number of hydrogen-bond acceptors (Lipinski definition) is 3. The van der Waals surface area contributed by atoms with Crippen LogP contribution in [-0.2, 0) is 4.74 Å². The molecule has 1 saturated carbocycles. The minimum atomic E-state index is 0.269. The van der Waals surface area contributed by atoms with Crippen LogP contribution >= 0.6 is 11.8 Å². The zero-order valence-electron chi connectivity index (χ0n) is 13.7. The van der Waals surface area contributed by atoms with Crippen LogP contribution in [0.15, 0.2) is 0 Å². The van der Waals surface area contributed by atoms with Crippen LogP contribution in [0, 0.1) is 17.8 Å². The summed E-state index contributed by atoms with van der Waals surface area (Å²) in [6, 6.07) is 0. The minimum absolute atomic E-state index is 0.269. The van der Waals surface area contributed by atoms with Crippen LogP contribution < -0.4 is 5.32 Å². The summed E-state index contributed by atoms with van der Waals surface area (Å²) in [5, 5.41) is 3.47. The quantitative estimate of drug-likeness (QED) is 0.793. The van der Waals surface area contributed by atoms with Gasteiger partial charge in [-0.3, -0.25) is 0 Å². The molecule has 1 spiro atoms. The Labute approximate surface area is 135 Å².